The van der Waals surface area contributed by atoms with Crippen LogP contribution in [-0.4, -0.2) is 4.98 Å². The van der Waals surface area contributed by atoms with Crippen molar-refractivity contribution >= 4 is 23.2 Å². The number of aromatic nitrogens is 1. The molecule has 1 heterocycles. The van der Waals surface area contributed by atoms with E-state index in [1.807, 2.05) is 6.07 Å². The average molecular weight is 251 g/mol. The van der Waals surface area contributed by atoms with Crippen LogP contribution in [0.1, 0.15) is 23.4 Å². The molecular weight excluding hydrogens is 245 g/mol. The molecule has 0 spiro atoms. The number of alkyl halides is 3. The first kappa shape index (κ1) is 12.2. The van der Waals surface area contributed by atoms with Crippen LogP contribution in [0.25, 0.3) is 0 Å². The summed E-state index contributed by atoms with van der Waals surface area (Å²) in [7, 11) is 0. The van der Waals surface area contributed by atoms with Crippen molar-refractivity contribution in [1.29, 1.82) is 5.26 Å². The van der Waals surface area contributed by atoms with E-state index in [-0.39, 0.29) is 23.0 Å². The Labute approximate surface area is 95.4 Å². The molecule has 80 valence electrons. The second kappa shape index (κ2) is 5.24. The minimum atomic E-state index is -2.69. The van der Waals surface area contributed by atoms with Gasteiger partial charge in [0.15, 0.2) is 0 Å². The molecule has 1 aromatic rings. The molecule has 0 fully saturated rings. The van der Waals surface area contributed by atoms with Gasteiger partial charge in [-0.3, -0.25) is 0 Å². The number of halogens is 4. The molecular formula is C9H6Cl2F2N2. The molecule has 0 radical (unpaired) electrons. The highest BCUT2D eigenvalue weighted by molar-refractivity contribution is 6.32. The number of hydrogen-bond donors (Lipinski definition) is 0. The van der Waals surface area contributed by atoms with E-state index < -0.39 is 12.1 Å². The molecule has 0 N–H and O–H groups in total. The third-order valence-electron chi connectivity index (χ3n) is 1.74. The van der Waals surface area contributed by atoms with Gasteiger partial charge in [-0.15, -0.1) is 11.6 Å². The number of hydrogen-bond acceptors (Lipinski definition) is 2. The van der Waals surface area contributed by atoms with Crippen LogP contribution >= 0.6 is 23.2 Å². The van der Waals surface area contributed by atoms with Crippen molar-refractivity contribution in [3.05, 3.63) is 28.0 Å². The van der Waals surface area contributed by atoms with Gasteiger partial charge in [-0.05, 0) is 11.6 Å². The minimum Gasteiger partial charge on any atom is -0.249 e. The molecule has 6 heteroatoms. The largest absolute Gasteiger partial charge is 0.280 e. The van der Waals surface area contributed by atoms with Crippen molar-refractivity contribution in [3.8, 4) is 6.07 Å². The molecule has 15 heavy (non-hydrogen) atoms. The number of rotatable bonds is 3. The fourth-order valence-corrected chi connectivity index (χ4v) is 1.58. The summed E-state index contributed by atoms with van der Waals surface area (Å²) in [5.41, 5.74) is 0.113. The topological polar surface area (TPSA) is 36.7 Å². The fourth-order valence-electron chi connectivity index (χ4n) is 1.07. The van der Waals surface area contributed by atoms with E-state index in [4.69, 9.17) is 28.5 Å². The van der Waals surface area contributed by atoms with Gasteiger partial charge < -0.3 is 0 Å². The number of nitriles is 1. The molecule has 0 saturated heterocycles. The highest BCUT2D eigenvalue weighted by atomic mass is 35.5. The Kier molecular flexibility index (Phi) is 4.25. The van der Waals surface area contributed by atoms with Crippen LogP contribution in [0.5, 0.6) is 0 Å². The molecule has 0 saturated carbocycles. The summed E-state index contributed by atoms with van der Waals surface area (Å²) in [6.07, 6.45) is -2.80. The van der Waals surface area contributed by atoms with E-state index in [0.29, 0.717) is 5.56 Å². The zero-order chi connectivity index (χ0) is 11.4. The lowest BCUT2D eigenvalue weighted by atomic mass is 10.2. The van der Waals surface area contributed by atoms with Gasteiger partial charge in [0.1, 0.15) is 5.69 Å². The predicted octanol–water partition coefficient (Wildman–Crippen LogP) is 3.48. The second-order valence-electron chi connectivity index (χ2n) is 2.74. The SMILES string of the molecule is N#CCc1nc(C(F)F)cc(CCl)c1Cl. The third-order valence-corrected chi connectivity index (χ3v) is 2.48. The van der Waals surface area contributed by atoms with Crippen LogP contribution in [0, 0.1) is 11.3 Å². The molecule has 0 amide bonds. The zero-order valence-electron chi connectivity index (χ0n) is 7.48. The molecule has 0 aromatic carbocycles. The van der Waals surface area contributed by atoms with Crippen LogP contribution in [0.15, 0.2) is 6.07 Å². The summed E-state index contributed by atoms with van der Waals surface area (Å²) in [4.78, 5) is 3.61. The lowest BCUT2D eigenvalue weighted by molar-refractivity contribution is 0.145. The van der Waals surface area contributed by atoms with Crippen molar-refractivity contribution in [1.82, 2.24) is 4.98 Å². The van der Waals surface area contributed by atoms with Crippen LogP contribution in [0.4, 0.5) is 8.78 Å². The molecule has 0 aliphatic rings. The standard InChI is InChI=1S/C9H6Cl2F2N2/c10-4-5-3-7(9(12)13)15-6(1-2-14)8(5)11/h3,9H,1,4H2. The average Bonchev–Trinajstić information content (AvgIpc) is 2.21. The number of pyridine rings is 1. The van der Waals surface area contributed by atoms with Crippen molar-refractivity contribution in [2.24, 2.45) is 0 Å². The van der Waals surface area contributed by atoms with E-state index in [1.165, 1.54) is 0 Å². The summed E-state index contributed by atoms with van der Waals surface area (Å²) in [5.74, 6) is 0.0134. The Hall–Kier alpha value is -0.920. The maximum Gasteiger partial charge on any atom is 0.280 e. The normalized spacial score (nSPS) is 10.4. The van der Waals surface area contributed by atoms with Gasteiger partial charge in [0.25, 0.3) is 6.43 Å². The first-order valence-corrected chi connectivity index (χ1v) is 4.90. The molecule has 1 rings (SSSR count). The summed E-state index contributed by atoms with van der Waals surface area (Å²) in [6, 6.07) is 2.96. The molecule has 2 nitrogen and oxygen atoms in total. The van der Waals surface area contributed by atoms with Gasteiger partial charge in [0.2, 0.25) is 0 Å². The Bertz CT molecular complexity index is 402. The lowest BCUT2D eigenvalue weighted by Gasteiger charge is -2.07. The van der Waals surface area contributed by atoms with E-state index in [1.54, 1.807) is 0 Å². The van der Waals surface area contributed by atoms with E-state index in [0.717, 1.165) is 6.07 Å². The highest BCUT2D eigenvalue weighted by Gasteiger charge is 2.15. The smallest absolute Gasteiger partial charge is 0.249 e. The van der Waals surface area contributed by atoms with Gasteiger partial charge in [0.05, 0.1) is 23.2 Å². The second-order valence-corrected chi connectivity index (χ2v) is 3.38. The van der Waals surface area contributed by atoms with E-state index in [9.17, 15) is 8.78 Å². The summed E-state index contributed by atoms with van der Waals surface area (Å²) in [6.45, 7) is 0. The zero-order valence-corrected chi connectivity index (χ0v) is 8.99. The van der Waals surface area contributed by atoms with Crippen molar-refractivity contribution < 1.29 is 8.78 Å². The van der Waals surface area contributed by atoms with Gasteiger partial charge in [-0.25, -0.2) is 13.8 Å². The maximum absolute atomic E-state index is 12.4. The monoisotopic (exact) mass is 250 g/mol. The third kappa shape index (κ3) is 2.77. The predicted molar refractivity (Wildman–Crippen MR) is 53.1 cm³/mol. The van der Waals surface area contributed by atoms with E-state index in [2.05, 4.69) is 4.98 Å². The van der Waals surface area contributed by atoms with Crippen molar-refractivity contribution in [2.45, 2.75) is 18.7 Å². The van der Waals surface area contributed by atoms with Crippen molar-refractivity contribution in [3.63, 3.8) is 0 Å². The van der Waals surface area contributed by atoms with Crippen LogP contribution in [-0.2, 0) is 12.3 Å². The quantitative estimate of drug-likeness (QED) is 0.771. The molecule has 1 aromatic heterocycles. The molecule has 0 aliphatic heterocycles. The van der Waals surface area contributed by atoms with Crippen LogP contribution in [0.2, 0.25) is 5.02 Å². The molecule has 0 bridgehead atoms. The number of nitrogens with zero attached hydrogens (tertiary/aromatic N) is 2. The summed E-state index contributed by atoms with van der Waals surface area (Å²) >= 11 is 11.4. The van der Waals surface area contributed by atoms with Gasteiger partial charge in [-0.1, -0.05) is 11.6 Å². The first-order valence-electron chi connectivity index (χ1n) is 3.99. The Balaban J connectivity index is 3.26. The summed E-state index contributed by atoms with van der Waals surface area (Å²) < 4.78 is 24.8. The van der Waals surface area contributed by atoms with Gasteiger partial charge in [-0.2, -0.15) is 5.26 Å². The first-order chi connectivity index (χ1) is 7.10. The Morgan fingerprint density at radius 2 is 2.20 bits per heavy atom. The van der Waals surface area contributed by atoms with Gasteiger partial charge in [0, 0.05) is 5.88 Å². The molecule has 0 unspecified atom stereocenters. The van der Waals surface area contributed by atoms with Gasteiger partial charge >= 0.3 is 0 Å². The fraction of sp³-hybridized carbons (Fsp3) is 0.333. The minimum absolute atomic E-state index is 0.0134. The maximum atomic E-state index is 12.4. The van der Waals surface area contributed by atoms with Crippen LogP contribution in [0.3, 0.4) is 0 Å². The Morgan fingerprint density at radius 3 is 2.67 bits per heavy atom. The van der Waals surface area contributed by atoms with Crippen molar-refractivity contribution in [2.75, 3.05) is 0 Å². The lowest BCUT2D eigenvalue weighted by Crippen LogP contribution is -2.00. The van der Waals surface area contributed by atoms with E-state index >= 15 is 0 Å². The van der Waals surface area contributed by atoms with Crippen LogP contribution < -0.4 is 0 Å². The Morgan fingerprint density at radius 1 is 1.53 bits per heavy atom. The highest BCUT2D eigenvalue weighted by Crippen LogP contribution is 2.27. The summed E-state index contributed by atoms with van der Waals surface area (Å²) in [5, 5.41) is 8.66. The molecule has 0 aliphatic carbocycles. The molecule has 0 atom stereocenters.